The van der Waals surface area contributed by atoms with E-state index in [1.54, 1.807) is 48.5 Å². The lowest BCUT2D eigenvalue weighted by molar-refractivity contribution is -0.111. The first-order valence-corrected chi connectivity index (χ1v) is 14.4. The number of ketones is 1. The first kappa shape index (κ1) is 27.9. The molecule has 0 saturated carbocycles. The van der Waals surface area contributed by atoms with Crippen LogP contribution >= 0.6 is 0 Å². The minimum atomic E-state index is -0.355. The minimum Gasteiger partial charge on any atom is -0.369 e. The summed E-state index contributed by atoms with van der Waals surface area (Å²) >= 11 is 0. The highest BCUT2D eigenvalue weighted by Crippen LogP contribution is 2.39. The van der Waals surface area contributed by atoms with Gasteiger partial charge < -0.3 is 20.1 Å². The molecule has 0 aliphatic carbocycles. The van der Waals surface area contributed by atoms with Crippen molar-refractivity contribution in [1.82, 2.24) is 4.57 Å². The molecule has 0 unspecified atom stereocenters. The van der Waals surface area contributed by atoms with E-state index < -0.39 is 0 Å². The van der Waals surface area contributed by atoms with Gasteiger partial charge in [0.25, 0.3) is 11.5 Å². The van der Waals surface area contributed by atoms with Crippen LogP contribution in [0.3, 0.4) is 0 Å². The Morgan fingerprint density at radius 2 is 1.63 bits per heavy atom. The Kier molecular flexibility index (Phi) is 7.75. The van der Waals surface area contributed by atoms with Crippen LogP contribution in [0.5, 0.6) is 0 Å². The van der Waals surface area contributed by atoms with Crippen LogP contribution in [0.1, 0.15) is 51.2 Å². The van der Waals surface area contributed by atoms with Crippen LogP contribution in [0.2, 0.25) is 0 Å². The van der Waals surface area contributed by atoms with Crippen LogP contribution < -0.4 is 21.1 Å². The third kappa shape index (κ3) is 6.18. The van der Waals surface area contributed by atoms with E-state index in [1.165, 1.54) is 13.0 Å². The summed E-state index contributed by atoms with van der Waals surface area (Å²) < 4.78 is 1.89. The third-order valence-electron chi connectivity index (χ3n) is 8.09. The molecule has 43 heavy (non-hydrogen) atoms. The maximum absolute atomic E-state index is 13.3. The van der Waals surface area contributed by atoms with Crippen LogP contribution in [-0.4, -0.2) is 35.3 Å². The van der Waals surface area contributed by atoms with Gasteiger partial charge >= 0.3 is 0 Å². The number of hydrogen-bond donors (Lipinski definition) is 2. The van der Waals surface area contributed by atoms with E-state index in [1.807, 2.05) is 53.1 Å². The van der Waals surface area contributed by atoms with Gasteiger partial charge in [0.2, 0.25) is 5.91 Å². The number of piperidine rings is 1. The summed E-state index contributed by atoms with van der Waals surface area (Å²) in [4.78, 5) is 53.0. The SMILES string of the molecule is CC(=O)c1cccc(NC(=O)c2ccc(N3C[C@H]4C[C@@H](C3)c3cccc(=O)n3C4)c(NC(=O)/C=C/c3ccccc3)c2)c1. The Labute approximate surface area is 249 Å². The summed E-state index contributed by atoms with van der Waals surface area (Å²) in [6.45, 7) is 3.55. The average Bonchev–Trinajstić information content (AvgIpc) is 3.01. The fourth-order valence-corrected chi connectivity index (χ4v) is 6.08. The fraction of sp³-hybridized carbons (Fsp3) is 0.200. The van der Waals surface area contributed by atoms with E-state index in [9.17, 15) is 19.2 Å². The number of hydrogen-bond acceptors (Lipinski definition) is 5. The number of benzene rings is 3. The van der Waals surface area contributed by atoms with Gasteiger partial charge in [-0.1, -0.05) is 48.5 Å². The predicted molar refractivity (Wildman–Crippen MR) is 169 cm³/mol. The first-order chi connectivity index (χ1) is 20.8. The molecule has 0 radical (unpaired) electrons. The maximum atomic E-state index is 13.3. The standard InChI is InChI=1S/C35H32N4O4/c1-23(40)26-9-5-10-29(18-26)36-35(43)27-14-15-32(30(19-27)37-33(41)16-13-24-7-3-2-4-8-24)38-20-25-17-28(22-38)31-11-6-12-34(42)39(31)21-25/h2-16,18-19,25,28H,17,20-22H2,1H3,(H,36,43)(H,37,41)/b16-13+/t25-,28+/m1/s1. The highest BCUT2D eigenvalue weighted by molar-refractivity contribution is 6.08. The van der Waals surface area contributed by atoms with Gasteiger partial charge in [-0.05, 0) is 67.3 Å². The molecule has 2 aliphatic heterocycles. The van der Waals surface area contributed by atoms with Crippen LogP contribution in [0, 0.1) is 5.92 Å². The average molecular weight is 573 g/mol. The number of aromatic nitrogens is 1. The lowest BCUT2D eigenvalue weighted by Crippen LogP contribution is -2.47. The summed E-state index contributed by atoms with van der Waals surface area (Å²) in [5, 5.41) is 5.87. The van der Waals surface area contributed by atoms with Crippen molar-refractivity contribution in [3.8, 4) is 0 Å². The Bertz CT molecular complexity index is 1790. The molecule has 2 atom stereocenters. The summed E-state index contributed by atoms with van der Waals surface area (Å²) in [6.07, 6.45) is 4.22. The summed E-state index contributed by atoms with van der Waals surface area (Å²) in [5.74, 6) is -0.297. The molecule has 1 fully saturated rings. The zero-order valence-electron chi connectivity index (χ0n) is 23.8. The van der Waals surface area contributed by atoms with Crippen molar-refractivity contribution in [3.63, 3.8) is 0 Å². The first-order valence-electron chi connectivity index (χ1n) is 14.4. The van der Waals surface area contributed by atoms with Gasteiger partial charge in [-0.15, -0.1) is 0 Å². The summed E-state index contributed by atoms with van der Waals surface area (Å²) in [5.41, 5.74) is 4.69. The Morgan fingerprint density at radius 1 is 0.814 bits per heavy atom. The van der Waals surface area contributed by atoms with Crippen molar-refractivity contribution in [2.75, 3.05) is 28.6 Å². The number of pyridine rings is 1. The number of rotatable bonds is 7. The normalized spacial score (nSPS) is 17.3. The molecule has 6 rings (SSSR count). The molecule has 2 bridgehead atoms. The molecule has 3 aromatic carbocycles. The number of carbonyl (C=O) groups excluding carboxylic acids is 3. The lowest BCUT2D eigenvalue weighted by Gasteiger charge is -2.44. The smallest absolute Gasteiger partial charge is 0.255 e. The lowest BCUT2D eigenvalue weighted by atomic mass is 9.83. The zero-order valence-corrected chi connectivity index (χ0v) is 23.8. The van der Waals surface area contributed by atoms with Crippen LogP contribution in [0.4, 0.5) is 17.1 Å². The van der Waals surface area contributed by atoms with Crippen LogP contribution in [0.25, 0.3) is 6.08 Å². The van der Waals surface area contributed by atoms with E-state index >= 15 is 0 Å². The predicted octanol–water partition coefficient (Wildman–Crippen LogP) is 5.58. The number of Topliss-reactive ketones (excluding diaryl/α,β-unsaturated/α-hetero) is 1. The number of nitrogens with one attached hydrogen (secondary N) is 2. The molecular formula is C35H32N4O4. The number of carbonyl (C=O) groups is 3. The quantitative estimate of drug-likeness (QED) is 0.223. The zero-order chi connectivity index (χ0) is 29.9. The molecule has 4 aromatic rings. The van der Waals surface area contributed by atoms with Gasteiger partial charge in [0.15, 0.2) is 5.78 Å². The molecule has 0 spiro atoms. The summed E-state index contributed by atoms with van der Waals surface area (Å²) in [7, 11) is 0. The maximum Gasteiger partial charge on any atom is 0.255 e. The second kappa shape index (κ2) is 11.9. The van der Waals surface area contributed by atoms with Crippen molar-refractivity contribution in [3.05, 3.63) is 130 Å². The highest BCUT2D eigenvalue weighted by Gasteiger charge is 2.35. The fourth-order valence-electron chi connectivity index (χ4n) is 6.08. The molecule has 8 heteroatoms. The Balaban J connectivity index is 1.29. The molecule has 8 nitrogen and oxygen atoms in total. The minimum absolute atomic E-state index is 0.0306. The van der Waals surface area contributed by atoms with Gasteiger partial charge in [0.1, 0.15) is 0 Å². The van der Waals surface area contributed by atoms with E-state index in [4.69, 9.17) is 0 Å². The third-order valence-corrected chi connectivity index (χ3v) is 8.09. The van der Waals surface area contributed by atoms with Gasteiger partial charge in [-0.3, -0.25) is 19.2 Å². The molecule has 216 valence electrons. The van der Waals surface area contributed by atoms with Crippen molar-refractivity contribution >= 4 is 40.7 Å². The second-order valence-electron chi connectivity index (χ2n) is 11.2. The van der Waals surface area contributed by atoms with E-state index in [2.05, 4.69) is 15.5 Å². The van der Waals surface area contributed by atoms with Crippen LogP contribution in [-0.2, 0) is 11.3 Å². The molecule has 2 amide bonds. The number of nitrogens with zero attached hydrogens (tertiary/aromatic N) is 2. The van der Waals surface area contributed by atoms with E-state index in [0.29, 0.717) is 35.6 Å². The largest absolute Gasteiger partial charge is 0.369 e. The molecule has 1 aromatic heterocycles. The Hall–Kier alpha value is -5.24. The van der Waals surface area contributed by atoms with Gasteiger partial charge in [-0.2, -0.15) is 0 Å². The van der Waals surface area contributed by atoms with Crippen molar-refractivity contribution < 1.29 is 14.4 Å². The van der Waals surface area contributed by atoms with Crippen molar-refractivity contribution in [2.45, 2.75) is 25.8 Å². The number of amides is 2. The topological polar surface area (TPSA) is 101 Å². The van der Waals surface area contributed by atoms with E-state index in [0.717, 1.165) is 29.9 Å². The van der Waals surface area contributed by atoms with Gasteiger partial charge in [0.05, 0.1) is 11.4 Å². The molecule has 2 N–H and O–H groups in total. The van der Waals surface area contributed by atoms with Crippen molar-refractivity contribution in [1.29, 1.82) is 0 Å². The molecule has 3 heterocycles. The number of fused-ring (bicyclic) bond motifs is 4. The van der Waals surface area contributed by atoms with Crippen molar-refractivity contribution in [2.24, 2.45) is 5.92 Å². The van der Waals surface area contributed by atoms with Gasteiger partial charge in [-0.25, -0.2) is 0 Å². The molecular weight excluding hydrogens is 540 g/mol. The highest BCUT2D eigenvalue weighted by atomic mass is 16.2. The monoisotopic (exact) mass is 572 g/mol. The number of anilines is 3. The Morgan fingerprint density at radius 3 is 2.44 bits per heavy atom. The second-order valence-corrected chi connectivity index (χ2v) is 11.2. The molecule has 1 saturated heterocycles. The van der Waals surface area contributed by atoms with Gasteiger partial charge in [0, 0.05) is 60.2 Å². The molecule has 2 aliphatic rings. The van der Waals surface area contributed by atoms with E-state index in [-0.39, 0.29) is 35.0 Å². The summed E-state index contributed by atoms with van der Waals surface area (Å²) in [6, 6.07) is 27.1. The van der Waals surface area contributed by atoms with Crippen LogP contribution in [0.15, 0.2) is 102 Å².